The molecule has 6 nitrogen and oxygen atoms in total. The Morgan fingerprint density at radius 1 is 0.917 bits per heavy atom. The van der Waals surface area contributed by atoms with Gasteiger partial charge in [0.2, 0.25) is 0 Å². The number of H-pyrrole nitrogens is 1. The lowest BCUT2D eigenvalue weighted by Gasteiger charge is -2.13. The predicted octanol–water partition coefficient (Wildman–Crippen LogP) is 6.53. The summed E-state index contributed by atoms with van der Waals surface area (Å²) < 4.78 is 7.16. The minimum Gasteiger partial charge on any atom is -0.490 e. The standard InChI is InChI=1S/C29H25N5OS/c30-21(10-19-14-33-26-9-5-4-8-24(19)26)18-35-23-11-20(13-31-15-23)28-12-25-27(16-32-17-29(25)36-28)34-22-6-2-1-3-7-22/h1-9,11-17,21,33-34H,10,18,30H2. The first-order valence-corrected chi connectivity index (χ1v) is 12.6. The Balaban J connectivity index is 1.17. The number of fused-ring (bicyclic) bond motifs is 2. The number of aromatic amines is 1. The molecule has 7 heteroatoms. The maximum absolute atomic E-state index is 6.41. The number of hydrogen-bond donors (Lipinski definition) is 3. The van der Waals surface area contributed by atoms with E-state index >= 15 is 0 Å². The van der Waals surface area contributed by atoms with Gasteiger partial charge in [0.05, 0.1) is 22.8 Å². The largest absolute Gasteiger partial charge is 0.490 e. The van der Waals surface area contributed by atoms with Crippen molar-refractivity contribution in [2.75, 3.05) is 11.9 Å². The van der Waals surface area contributed by atoms with E-state index in [1.807, 2.05) is 73.3 Å². The van der Waals surface area contributed by atoms with Crippen LogP contribution in [0.15, 0.2) is 97.7 Å². The summed E-state index contributed by atoms with van der Waals surface area (Å²) in [5, 5.41) is 5.80. The zero-order valence-electron chi connectivity index (χ0n) is 19.5. The minimum absolute atomic E-state index is 0.130. The third-order valence-electron chi connectivity index (χ3n) is 6.12. The number of ether oxygens (including phenoxy) is 1. The number of thiophene rings is 1. The van der Waals surface area contributed by atoms with Gasteiger partial charge in [0, 0.05) is 57.0 Å². The lowest BCUT2D eigenvalue weighted by Crippen LogP contribution is -2.30. The smallest absolute Gasteiger partial charge is 0.138 e. The summed E-state index contributed by atoms with van der Waals surface area (Å²) in [5.74, 6) is 0.708. The number of para-hydroxylation sites is 2. The third-order valence-corrected chi connectivity index (χ3v) is 7.24. The van der Waals surface area contributed by atoms with Crippen molar-refractivity contribution in [2.24, 2.45) is 5.73 Å². The van der Waals surface area contributed by atoms with Crippen LogP contribution in [0, 0.1) is 0 Å². The summed E-state index contributed by atoms with van der Waals surface area (Å²) >= 11 is 1.69. The molecule has 0 aliphatic rings. The summed E-state index contributed by atoms with van der Waals surface area (Å²) in [6.07, 6.45) is 10.1. The van der Waals surface area contributed by atoms with Crippen LogP contribution in [0.3, 0.4) is 0 Å². The van der Waals surface area contributed by atoms with Gasteiger partial charge in [-0.15, -0.1) is 11.3 Å². The molecule has 0 amide bonds. The highest BCUT2D eigenvalue weighted by Gasteiger charge is 2.12. The number of aromatic nitrogens is 3. The van der Waals surface area contributed by atoms with Crippen LogP contribution in [0.2, 0.25) is 0 Å². The second-order valence-electron chi connectivity index (χ2n) is 8.74. The molecule has 6 rings (SSSR count). The van der Waals surface area contributed by atoms with E-state index < -0.39 is 0 Å². The summed E-state index contributed by atoms with van der Waals surface area (Å²) in [6.45, 7) is 0.409. The average molecular weight is 492 g/mol. The first-order chi connectivity index (χ1) is 17.7. The molecule has 36 heavy (non-hydrogen) atoms. The summed E-state index contributed by atoms with van der Waals surface area (Å²) in [6, 6.07) is 22.4. The number of benzene rings is 2. The van der Waals surface area contributed by atoms with Crippen LogP contribution < -0.4 is 15.8 Å². The molecule has 0 bridgehead atoms. The molecular weight excluding hydrogens is 466 g/mol. The fourth-order valence-corrected chi connectivity index (χ4v) is 5.39. The first-order valence-electron chi connectivity index (χ1n) is 11.8. The Kier molecular flexibility index (Phi) is 6.07. The van der Waals surface area contributed by atoms with E-state index in [0.29, 0.717) is 12.4 Å². The molecular formula is C29H25N5OS. The zero-order chi connectivity index (χ0) is 24.3. The van der Waals surface area contributed by atoms with Crippen LogP contribution in [0.1, 0.15) is 5.56 Å². The van der Waals surface area contributed by atoms with Crippen molar-refractivity contribution in [3.8, 4) is 16.2 Å². The first kappa shape index (κ1) is 22.3. The monoisotopic (exact) mass is 491 g/mol. The topological polar surface area (TPSA) is 88.8 Å². The van der Waals surface area contributed by atoms with Crippen LogP contribution in [0.4, 0.5) is 11.4 Å². The van der Waals surface area contributed by atoms with Gasteiger partial charge in [0.15, 0.2) is 0 Å². The van der Waals surface area contributed by atoms with Crippen LogP contribution in [0.25, 0.3) is 31.4 Å². The molecule has 0 saturated carbocycles. The normalized spacial score (nSPS) is 12.1. The van der Waals surface area contributed by atoms with Gasteiger partial charge in [-0.2, -0.15) is 0 Å². The number of rotatable bonds is 8. The second-order valence-corrected chi connectivity index (χ2v) is 9.83. The van der Waals surface area contributed by atoms with Crippen molar-refractivity contribution in [3.05, 3.63) is 103 Å². The van der Waals surface area contributed by atoms with Crippen molar-refractivity contribution < 1.29 is 4.74 Å². The van der Waals surface area contributed by atoms with Crippen molar-refractivity contribution in [1.29, 1.82) is 0 Å². The lowest BCUT2D eigenvalue weighted by molar-refractivity contribution is 0.287. The molecule has 1 atom stereocenters. The van der Waals surface area contributed by atoms with Gasteiger partial charge in [-0.25, -0.2) is 0 Å². The molecule has 0 aliphatic carbocycles. The summed E-state index contributed by atoms with van der Waals surface area (Å²) in [7, 11) is 0. The van der Waals surface area contributed by atoms with Crippen LogP contribution >= 0.6 is 11.3 Å². The van der Waals surface area contributed by atoms with E-state index in [0.717, 1.165) is 43.8 Å². The Hall–Kier alpha value is -4.20. The summed E-state index contributed by atoms with van der Waals surface area (Å²) in [5.41, 5.74) is 11.7. The van der Waals surface area contributed by atoms with Crippen LogP contribution in [0.5, 0.6) is 5.75 Å². The maximum atomic E-state index is 6.41. The molecule has 178 valence electrons. The van der Waals surface area contributed by atoms with E-state index in [1.54, 1.807) is 17.5 Å². The number of nitrogens with zero attached hydrogens (tertiary/aromatic N) is 2. The van der Waals surface area contributed by atoms with Gasteiger partial charge in [-0.05, 0) is 42.3 Å². The van der Waals surface area contributed by atoms with Crippen LogP contribution in [-0.2, 0) is 6.42 Å². The molecule has 6 aromatic rings. The fourth-order valence-electron chi connectivity index (χ4n) is 4.36. The maximum Gasteiger partial charge on any atom is 0.138 e. The van der Waals surface area contributed by atoms with E-state index in [-0.39, 0.29) is 6.04 Å². The Bertz CT molecular complexity index is 1630. The molecule has 0 spiro atoms. The highest BCUT2D eigenvalue weighted by atomic mass is 32.1. The van der Waals surface area contributed by atoms with Gasteiger partial charge in [0.1, 0.15) is 12.4 Å². The number of nitrogens with one attached hydrogen (secondary N) is 2. The van der Waals surface area contributed by atoms with Crippen LogP contribution in [-0.4, -0.2) is 27.6 Å². The van der Waals surface area contributed by atoms with Crippen molar-refractivity contribution in [2.45, 2.75) is 12.5 Å². The molecule has 1 unspecified atom stereocenters. The zero-order valence-corrected chi connectivity index (χ0v) is 20.3. The average Bonchev–Trinajstić information content (AvgIpc) is 3.54. The molecule has 0 aliphatic heterocycles. The minimum atomic E-state index is -0.130. The molecule has 0 fully saturated rings. The quantitative estimate of drug-likeness (QED) is 0.225. The molecule has 4 heterocycles. The fraction of sp³-hybridized carbons (Fsp3) is 0.103. The Morgan fingerprint density at radius 3 is 2.67 bits per heavy atom. The summed E-state index contributed by atoms with van der Waals surface area (Å²) in [4.78, 5) is 13.3. The van der Waals surface area contributed by atoms with Crippen molar-refractivity contribution in [3.63, 3.8) is 0 Å². The number of pyridine rings is 2. The molecule has 4 N–H and O–H groups in total. The number of hydrogen-bond acceptors (Lipinski definition) is 6. The number of nitrogens with two attached hydrogens (primary N) is 1. The third kappa shape index (κ3) is 4.66. The SMILES string of the molecule is NC(COc1cncc(-c2cc3c(Nc4ccccc4)cncc3s2)c1)Cc1c[nH]c2ccccc12. The highest BCUT2D eigenvalue weighted by Crippen LogP contribution is 2.38. The molecule has 2 aromatic carbocycles. The molecule has 0 radical (unpaired) electrons. The number of anilines is 2. The van der Waals surface area contributed by atoms with Gasteiger partial charge in [-0.1, -0.05) is 36.4 Å². The molecule has 0 saturated heterocycles. The van der Waals surface area contributed by atoms with Gasteiger partial charge in [-0.3, -0.25) is 9.97 Å². The van der Waals surface area contributed by atoms with Crippen molar-refractivity contribution in [1.82, 2.24) is 15.0 Å². The Labute approximate surface area is 212 Å². The van der Waals surface area contributed by atoms with E-state index in [2.05, 4.69) is 38.5 Å². The highest BCUT2D eigenvalue weighted by molar-refractivity contribution is 7.22. The molecule has 4 aromatic heterocycles. The second kappa shape index (κ2) is 9.81. The van der Waals surface area contributed by atoms with E-state index in [4.69, 9.17) is 10.5 Å². The van der Waals surface area contributed by atoms with E-state index in [9.17, 15) is 0 Å². The van der Waals surface area contributed by atoms with Crippen molar-refractivity contribution >= 4 is 43.7 Å². The van der Waals surface area contributed by atoms with E-state index in [1.165, 1.54) is 10.9 Å². The van der Waals surface area contributed by atoms with Gasteiger partial charge in [0.25, 0.3) is 0 Å². The van der Waals surface area contributed by atoms with Gasteiger partial charge >= 0.3 is 0 Å². The predicted molar refractivity (Wildman–Crippen MR) is 148 cm³/mol. The lowest BCUT2D eigenvalue weighted by atomic mass is 10.1. The van der Waals surface area contributed by atoms with Gasteiger partial charge < -0.3 is 20.8 Å². The Morgan fingerprint density at radius 2 is 1.75 bits per heavy atom.